The van der Waals surface area contributed by atoms with Crippen molar-refractivity contribution in [1.29, 1.82) is 0 Å². The topological polar surface area (TPSA) is 61.6 Å². The maximum absolute atomic E-state index is 13.6. The highest BCUT2D eigenvalue weighted by Gasteiger charge is 2.39. The molecule has 0 bridgehead atoms. The molecule has 184 valence electrons. The highest BCUT2D eigenvalue weighted by molar-refractivity contribution is 5.97. The summed E-state index contributed by atoms with van der Waals surface area (Å²) in [5.41, 5.74) is 1.46. The summed E-state index contributed by atoms with van der Waals surface area (Å²) in [6, 6.07) is 5.75. The first-order valence-electron chi connectivity index (χ1n) is 12.2. The molecule has 1 aromatic heterocycles. The lowest BCUT2D eigenvalue weighted by Crippen LogP contribution is -2.49. The first-order chi connectivity index (χ1) is 16.3. The zero-order valence-corrected chi connectivity index (χ0v) is 19.4. The highest BCUT2D eigenvalue weighted by Crippen LogP contribution is 2.44. The average molecular weight is 477 g/mol. The van der Waals surface area contributed by atoms with Crippen molar-refractivity contribution in [3.63, 3.8) is 0 Å². The minimum atomic E-state index is -4.44. The van der Waals surface area contributed by atoms with Gasteiger partial charge in [0.05, 0.1) is 34.8 Å². The van der Waals surface area contributed by atoms with Gasteiger partial charge in [0, 0.05) is 31.1 Å². The van der Waals surface area contributed by atoms with Crippen LogP contribution in [0, 0.1) is 6.92 Å². The number of amides is 1. The van der Waals surface area contributed by atoms with E-state index >= 15 is 0 Å². The van der Waals surface area contributed by atoms with Crippen molar-refractivity contribution in [2.75, 3.05) is 26.2 Å². The van der Waals surface area contributed by atoms with Crippen LogP contribution in [0.25, 0.3) is 5.69 Å². The Hall–Kier alpha value is -2.39. The third-order valence-electron chi connectivity index (χ3n) is 7.55. The number of aromatic nitrogens is 2. The SMILES string of the molecule is Cc1nn(-c2cccc(C(F)(F)F)c2)c(C2CC2)c1C(=O)N1CCC(N2CCCC2CO)CC1. The molecule has 0 radical (unpaired) electrons. The number of nitrogens with zero attached hydrogens (tertiary/aromatic N) is 4. The summed E-state index contributed by atoms with van der Waals surface area (Å²) in [4.78, 5) is 17.9. The van der Waals surface area contributed by atoms with Crippen LogP contribution in [0.4, 0.5) is 13.2 Å². The van der Waals surface area contributed by atoms with Gasteiger partial charge < -0.3 is 10.0 Å². The van der Waals surface area contributed by atoms with E-state index in [9.17, 15) is 23.1 Å². The number of alkyl halides is 3. The van der Waals surface area contributed by atoms with Gasteiger partial charge in [-0.05, 0) is 70.2 Å². The number of hydrogen-bond acceptors (Lipinski definition) is 4. The van der Waals surface area contributed by atoms with E-state index in [1.54, 1.807) is 17.7 Å². The summed E-state index contributed by atoms with van der Waals surface area (Å²) in [6.45, 7) is 4.22. The maximum Gasteiger partial charge on any atom is 0.416 e. The zero-order chi connectivity index (χ0) is 24.0. The van der Waals surface area contributed by atoms with Gasteiger partial charge in [0.25, 0.3) is 5.91 Å². The number of halogens is 3. The van der Waals surface area contributed by atoms with E-state index in [-0.39, 0.29) is 24.5 Å². The summed E-state index contributed by atoms with van der Waals surface area (Å²) in [5.74, 6) is 0.0679. The molecule has 1 aromatic carbocycles. The van der Waals surface area contributed by atoms with Crippen molar-refractivity contribution in [3.05, 3.63) is 46.8 Å². The molecule has 1 N–H and O–H groups in total. The molecular weight excluding hydrogens is 445 g/mol. The molecule has 1 unspecified atom stereocenters. The number of benzene rings is 1. The number of likely N-dealkylation sites (tertiary alicyclic amines) is 2. The monoisotopic (exact) mass is 476 g/mol. The van der Waals surface area contributed by atoms with Gasteiger partial charge in [-0.15, -0.1) is 0 Å². The maximum atomic E-state index is 13.6. The van der Waals surface area contributed by atoms with Gasteiger partial charge in [0.1, 0.15) is 0 Å². The zero-order valence-electron chi connectivity index (χ0n) is 19.4. The molecule has 3 aliphatic rings. The molecule has 1 atom stereocenters. The standard InChI is InChI=1S/C25H31F3N4O2/c1-16-22(24(34)30-12-9-19(10-13-30)31-11-3-6-21(31)15-33)23(17-7-8-17)32(29-16)20-5-2-4-18(14-20)25(26,27)28/h2,4-5,14,17,19,21,33H,3,6-13,15H2,1H3. The van der Waals surface area contributed by atoms with Crippen LogP contribution in [-0.4, -0.2) is 68.9 Å². The van der Waals surface area contributed by atoms with E-state index in [0.29, 0.717) is 36.1 Å². The third kappa shape index (κ3) is 4.35. The lowest BCUT2D eigenvalue weighted by Gasteiger charge is -2.39. The normalized spacial score (nSPS) is 22.5. The van der Waals surface area contributed by atoms with Crippen LogP contribution in [0.2, 0.25) is 0 Å². The predicted octanol–water partition coefficient (Wildman–Crippen LogP) is 4.14. The van der Waals surface area contributed by atoms with E-state index in [1.165, 1.54) is 6.07 Å². The largest absolute Gasteiger partial charge is 0.416 e. The predicted molar refractivity (Wildman–Crippen MR) is 121 cm³/mol. The highest BCUT2D eigenvalue weighted by atomic mass is 19.4. The second-order valence-corrected chi connectivity index (χ2v) is 9.82. The molecule has 2 aromatic rings. The minimum absolute atomic E-state index is 0.0730. The fraction of sp³-hybridized carbons (Fsp3) is 0.600. The number of piperidine rings is 1. The third-order valence-corrected chi connectivity index (χ3v) is 7.55. The van der Waals surface area contributed by atoms with E-state index in [1.807, 2.05) is 4.90 Å². The first-order valence-corrected chi connectivity index (χ1v) is 12.2. The number of aliphatic hydroxyl groups excluding tert-OH is 1. The van der Waals surface area contributed by atoms with Crippen molar-refractivity contribution >= 4 is 5.91 Å². The lowest BCUT2D eigenvalue weighted by molar-refractivity contribution is -0.137. The minimum Gasteiger partial charge on any atom is -0.395 e. The second-order valence-electron chi connectivity index (χ2n) is 9.82. The van der Waals surface area contributed by atoms with Crippen LogP contribution >= 0.6 is 0 Å². The number of rotatable bonds is 5. The number of aryl methyl sites for hydroxylation is 1. The van der Waals surface area contributed by atoms with Crippen molar-refractivity contribution in [2.45, 2.75) is 69.6 Å². The van der Waals surface area contributed by atoms with Gasteiger partial charge in [-0.2, -0.15) is 18.3 Å². The first kappa shape index (κ1) is 23.4. The fourth-order valence-electron chi connectivity index (χ4n) is 5.65. The quantitative estimate of drug-likeness (QED) is 0.705. The number of hydrogen-bond donors (Lipinski definition) is 1. The smallest absolute Gasteiger partial charge is 0.395 e. The van der Waals surface area contributed by atoms with E-state index in [0.717, 1.165) is 62.9 Å². The van der Waals surface area contributed by atoms with Crippen molar-refractivity contribution in [3.8, 4) is 5.69 Å². The molecule has 5 rings (SSSR count). The molecular formula is C25H31F3N4O2. The molecule has 1 aliphatic carbocycles. The number of aliphatic hydroxyl groups is 1. The van der Waals surface area contributed by atoms with Gasteiger partial charge >= 0.3 is 6.18 Å². The Balaban J connectivity index is 1.39. The Morgan fingerprint density at radius 3 is 2.50 bits per heavy atom. The Kier molecular flexibility index (Phi) is 6.18. The van der Waals surface area contributed by atoms with E-state index < -0.39 is 11.7 Å². The Bertz CT molecular complexity index is 1050. The Morgan fingerprint density at radius 2 is 1.85 bits per heavy atom. The van der Waals surface area contributed by atoms with Crippen LogP contribution in [0.1, 0.15) is 71.8 Å². The lowest BCUT2D eigenvalue weighted by atomic mass is 10.0. The molecule has 2 saturated heterocycles. The van der Waals surface area contributed by atoms with Crippen molar-refractivity contribution < 1.29 is 23.1 Å². The van der Waals surface area contributed by atoms with Gasteiger partial charge in [-0.1, -0.05) is 6.07 Å². The molecule has 2 aliphatic heterocycles. The van der Waals surface area contributed by atoms with Crippen molar-refractivity contribution in [1.82, 2.24) is 19.6 Å². The summed E-state index contributed by atoms with van der Waals surface area (Å²) in [5, 5.41) is 14.2. The van der Waals surface area contributed by atoms with Crippen LogP contribution < -0.4 is 0 Å². The summed E-state index contributed by atoms with van der Waals surface area (Å²) in [6.07, 6.45) is 1.22. The Morgan fingerprint density at radius 1 is 1.12 bits per heavy atom. The molecule has 6 nitrogen and oxygen atoms in total. The molecule has 3 heterocycles. The molecule has 0 spiro atoms. The second kappa shape index (κ2) is 9.00. The molecule has 9 heteroatoms. The summed E-state index contributed by atoms with van der Waals surface area (Å²) >= 11 is 0. The molecule has 3 fully saturated rings. The van der Waals surface area contributed by atoms with Crippen LogP contribution in [-0.2, 0) is 6.18 Å². The van der Waals surface area contributed by atoms with Gasteiger partial charge in [0.2, 0.25) is 0 Å². The van der Waals surface area contributed by atoms with Gasteiger partial charge in [-0.25, -0.2) is 4.68 Å². The molecule has 1 amide bonds. The van der Waals surface area contributed by atoms with E-state index in [4.69, 9.17) is 0 Å². The summed E-state index contributed by atoms with van der Waals surface area (Å²) in [7, 11) is 0. The molecule has 1 saturated carbocycles. The number of carbonyl (C=O) groups excluding carboxylic acids is 1. The summed E-state index contributed by atoms with van der Waals surface area (Å²) < 4.78 is 41.4. The van der Waals surface area contributed by atoms with Crippen LogP contribution in [0.3, 0.4) is 0 Å². The van der Waals surface area contributed by atoms with Gasteiger partial charge in [0.15, 0.2) is 0 Å². The average Bonchev–Trinajstić information content (AvgIpc) is 3.44. The van der Waals surface area contributed by atoms with Crippen LogP contribution in [0.15, 0.2) is 24.3 Å². The Labute approximate surface area is 197 Å². The van der Waals surface area contributed by atoms with Crippen LogP contribution in [0.5, 0.6) is 0 Å². The van der Waals surface area contributed by atoms with Gasteiger partial charge in [-0.3, -0.25) is 9.69 Å². The number of carbonyl (C=O) groups is 1. The molecule has 34 heavy (non-hydrogen) atoms. The van der Waals surface area contributed by atoms with Crippen molar-refractivity contribution in [2.24, 2.45) is 0 Å². The fourth-order valence-corrected chi connectivity index (χ4v) is 5.65. The van der Waals surface area contributed by atoms with E-state index in [2.05, 4.69) is 10.00 Å².